The van der Waals surface area contributed by atoms with Gasteiger partial charge in [-0.25, -0.2) is 0 Å². The molecule has 2 aromatic carbocycles. The molecule has 0 fully saturated rings. The summed E-state index contributed by atoms with van der Waals surface area (Å²) in [5, 5.41) is 16.5. The Balaban J connectivity index is 1.90. The topological polar surface area (TPSA) is 108 Å². The summed E-state index contributed by atoms with van der Waals surface area (Å²) in [6, 6.07) is 16.0. The van der Waals surface area contributed by atoms with Gasteiger partial charge in [-0.15, -0.1) is 0 Å². The lowest BCUT2D eigenvalue weighted by Crippen LogP contribution is -2.36. The average molecular weight is 383 g/mol. The summed E-state index contributed by atoms with van der Waals surface area (Å²) >= 11 is 0. The molecule has 0 bridgehead atoms. The maximum Gasteiger partial charge on any atom is 0.313 e. The van der Waals surface area contributed by atoms with Crippen molar-refractivity contribution in [2.24, 2.45) is 0 Å². The zero-order valence-corrected chi connectivity index (χ0v) is 15.6. The normalized spacial score (nSPS) is 10.2. The predicted molar refractivity (Wildman–Crippen MR) is 107 cm³/mol. The van der Waals surface area contributed by atoms with Crippen molar-refractivity contribution < 1.29 is 19.5 Å². The number of amides is 3. The number of aliphatic hydroxyl groups excluding tert-OH is 1. The highest BCUT2D eigenvalue weighted by Gasteiger charge is 2.17. The van der Waals surface area contributed by atoms with Gasteiger partial charge in [-0.3, -0.25) is 14.4 Å². The Bertz CT molecular complexity index is 793. The molecular weight excluding hydrogens is 358 g/mol. The van der Waals surface area contributed by atoms with E-state index in [4.69, 9.17) is 5.11 Å². The third-order valence-corrected chi connectivity index (χ3v) is 4.04. The highest BCUT2D eigenvalue weighted by Crippen LogP contribution is 2.15. The maximum absolute atomic E-state index is 12.5. The molecule has 3 amide bonds. The number of carbonyl (C=O) groups is 3. The first-order valence-corrected chi connectivity index (χ1v) is 9.23. The van der Waals surface area contributed by atoms with Crippen LogP contribution in [0, 0.1) is 0 Å². The average Bonchev–Trinajstić information content (AvgIpc) is 2.72. The van der Waals surface area contributed by atoms with E-state index in [0.29, 0.717) is 25.9 Å². The van der Waals surface area contributed by atoms with E-state index in [2.05, 4.69) is 16.0 Å². The predicted octanol–water partition coefficient (Wildman–Crippen LogP) is 1.83. The zero-order valence-electron chi connectivity index (χ0n) is 15.6. The molecule has 0 spiro atoms. The Hall–Kier alpha value is -3.19. The Morgan fingerprint density at radius 1 is 0.786 bits per heavy atom. The Morgan fingerprint density at radius 3 is 2.25 bits per heavy atom. The Labute approximate surface area is 164 Å². The number of benzene rings is 2. The minimum Gasteiger partial charge on any atom is -0.396 e. The van der Waals surface area contributed by atoms with Crippen molar-refractivity contribution in [3.8, 4) is 0 Å². The van der Waals surface area contributed by atoms with Gasteiger partial charge in [0, 0.05) is 19.7 Å². The van der Waals surface area contributed by atoms with Crippen LogP contribution < -0.4 is 16.0 Å². The van der Waals surface area contributed by atoms with Crippen molar-refractivity contribution in [2.45, 2.75) is 25.8 Å². The molecule has 4 N–H and O–H groups in total. The number of rotatable bonds is 9. The van der Waals surface area contributed by atoms with Crippen LogP contribution in [0.5, 0.6) is 0 Å². The fourth-order valence-corrected chi connectivity index (χ4v) is 2.54. The van der Waals surface area contributed by atoms with Crippen molar-refractivity contribution in [1.82, 2.24) is 10.6 Å². The number of carbonyl (C=O) groups excluding carboxylic acids is 3. The van der Waals surface area contributed by atoms with Crippen molar-refractivity contribution >= 4 is 23.4 Å². The lowest BCUT2D eigenvalue weighted by Gasteiger charge is -2.11. The molecule has 2 aromatic rings. The minimum atomic E-state index is -0.828. The number of hydrogen-bond donors (Lipinski definition) is 4. The van der Waals surface area contributed by atoms with E-state index in [1.54, 1.807) is 24.3 Å². The van der Waals surface area contributed by atoms with Gasteiger partial charge in [0.15, 0.2) is 0 Å². The maximum atomic E-state index is 12.5. The zero-order chi connectivity index (χ0) is 20.2. The van der Waals surface area contributed by atoms with E-state index in [1.165, 1.54) is 0 Å². The fourth-order valence-electron chi connectivity index (χ4n) is 2.54. The van der Waals surface area contributed by atoms with Crippen LogP contribution in [0.2, 0.25) is 0 Å². The standard InChI is InChI=1S/C21H25N3O4/c25-14-8-2-7-13-22-20(27)21(28)24-18-12-6-5-11-17(18)19(26)23-15-16-9-3-1-4-10-16/h1,3-6,9-12,25H,2,7-8,13-15H2,(H,22,27)(H,23,26)(H,24,28). The first-order chi connectivity index (χ1) is 13.6. The summed E-state index contributed by atoms with van der Waals surface area (Å²) in [5.74, 6) is -1.93. The van der Waals surface area contributed by atoms with Gasteiger partial charge in [0.25, 0.3) is 5.91 Å². The number of para-hydroxylation sites is 1. The van der Waals surface area contributed by atoms with Crippen molar-refractivity contribution in [3.63, 3.8) is 0 Å². The number of unbranched alkanes of at least 4 members (excludes halogenated alkanes) is 2. The first kappa shape index (κ1) is 21.1. The van der Waals surface area contributed by atoms with Crippen molar-refractivity contribution in [2.75, 3.05) is 18.5 Å². The first-order valence-electron chi connectivity index (χ1n) is 9.23. The fraction of sp³-hybridized carbons (Fsp3) is 0.286. The molecule has 0 unspecified atom stereocenters. The van der Waals surface area contributed by atoms with Gasteiger partial charge in [-0.2, -0.15) is 0 Å². The number of anilines is 1. The van der Waals surface area contributed by atoms with Crippen molar-refractivity contribution in [3.05, 3.63) is 65.7 Å². The van der Waals surface area contributed by atoms with Gasteiger partial charge in [-0.1, -0.05) is 42.5 Å². The van der Waals surface area contributed by atoms with Gasteiger partial charge in [-0.05, 0) is 37.0 Å². The Kier molecular flexibility index (Phi) is 8.68. The quantitative estimate of drug-likeness (QED) is 0.391. The second kappa shape index (κ2) is 11.5. The molecule has 0 radical (unpaired) electrons. The smallest absolute Gasteiger partial charge is 0.313 e. The van der Waals surface area contributed by atoms with E-state index in [1.807, 2.05) is 30.3 Å². The molecule has 0 aliphatic rings. The van der Waals surface area contributed by atoms with Crippen LogP contribution in [0.3, 0.4) is 0 Å². The van der Waals surface area contributed by atoms with E-state index in [0.717, 1.165) is 12.0 Å². The monoisotopic (exact) mass is 383 g/mol. The molecule has 7 nitrogen and oxygen atoms in total. The molecule has 0 heterocycles. The summed E-state index contributed by atoms with van der Waals surface area (Å²) in [6.45, 7) is 0.819. The molecule has 0 aliphatic heterocycles. The second-order valence-corrected chi connectivity index (χ2v) is 6.21. The molecule has 0 atom stereocenters. The number of nitrogens with one attached hydrogen (secondary N) is 3. The largest absolute Gasteiger partial charge is 0.396 e. The highest BCUT2D eigenvalue weighted by atomic mass is 16.3. The van der Waals surface area contributed by atoms with Crippen LogP contribution >= 0.6 is 0 Å². The van der Waals surface area contributed by atoms with Crippen LogP contribution in [-0.2, 0) is 16.1 Å². The van der Waals surface area contributed by atoms with E-state index in [9.17, 15) is 14.4 Å². The second-order valence-electron chi connectivity index (χ2n) is 6.21. The summed E-state index contributed by atoms with van der Waals surface area (Å²) in [4.78, 5) is 36.5. The molecule has 148 valence electrons. The van der Waals surface area contributed by atoms with E-state index < -0.39 is 11.8 Å². The van der Waals surface area contributed by atoms with Crippen LogP contribution in [0.25, 0.3) is 0 Å². The molecule has 28 heavy (non-hydrogen) atoms. The molecule has 2 rings (SSSR count). The summed E-state index contributed by atoms with van der Waals surface area (Å²) in [5.41, 5.74) is 1.51. The molecule has 0 saturated heterocycles. The van der Waals surface area contributed by atoms with Crippen LogP contribution in [-0.4, -0.2) is 36.0 Å². The van der Waals surface area contributed by atoms with Gasteiger partial charge in [0.1, 0.15) is 0 Å². The summed E-state index contributed by atoms with van der Waals surface area (Å²) in [7, 11) is 0. The van der Waals surface area contributed by atoms with Gasteiger partial charge >= 0.3 is 11.8 Å². The van der Waals surface area contributed by atoms with Gasteiger partial charge in [0.2, 0.25) is 0 Å². The summed E-state index contributed by atoms with van der Waals surface area (Å²) in [6.07, 6.45) is 2.11. The lowest BCUT2D eigenvalue weighted by atomic mass is 10.1. The van der Waals surface area contributed by atoms with Gasteiger partial charge in [0.05, 0.1) is 11.3 Å². The third kappa shape index (κ3) is 6.85. The van der Waals surface area contributed by atoms with Gasteiger partial charge < -0.3 is 21.1 Å². The molecule has 0 saturated carbocycles. The van der Waals surface area contributed by atoms with Crippen LogP contribution in [0.1, 0.15) is 35.2 Å². The van der Waals surface area contributed by atoms with Crippen molar-refractivity contribution in [1.29, 1.82) is 0 Å². The number of hydrogen-bond acceptors (Lipinski definition) is 4. The molecule has 0 aromatic heterocycles. The number of aliphatic hydroxyl groups is 1. The third-order valence-electron chi connectivity index (χ3n) is 4.04. The van der Waals surface area contributed by atoms with E-state index >= 15 is 0 Å². The van der Waals surface area contributed by atoms with Crippen LogP contribution in [0.4, 0.5) is 5.69 Å². The molecule has 7 heteroatoms. The molecular formula is C21H25N3O4. The van der Waals surface area contributed by atoms with E-state index in [-0.39, 0.29) is 23.8 Å². The van der Waals surface area contributed by atoms with Crippen LogP contribution in [0.15, 0.2) is 54.6 Å². The minimum absolute atomic E-state index is 0.109. The lowest BCUT2D eigenvalue weighted by molar-refractivity contribution is -0.136. The molecule has 0 aliphatic carbocycles. The highest BCUT2D eigenvalue weighted by molar-refractivity contribution is 6.40. The SMILES string of the molecule is O=C(NCCCCCO)C(=O)Nc1ccccc1C(=O)NCc1ccccc1. The Morgan fingerprint density at radius 2 is 1.50 bits per heavy atom. The summed E-state index contributed by atoms with van der Waals surface area (Å²) < 4.78 is 0.